The van der Waals surface area contributed by atoms with Crippen molar-refractivity contribution in [3.63, 3.8) is 0 Å². The van der Waals surface area contributed by atoms with Crippen molar-refractivity contribution in [3.05, 3.63) is 78.1 Å². The van der Waals surface area contributed by atoms with Gasteiger partial charge in [0.2, 0.25) is 0 Å². The summed E-state index contributed by atoms with van der Waals surface area (Å²) in [6.45, 7) is 1.26. The highest BCUT2D eigenvalue weighted by Crippen LogP contribution is 2.22. The Balaban J connectivity index is 1.36. The van der Waals surface area contributed by atoms with Gasteiger partial charge in [-0.1, -0.05) is 24.3 Å². The van der Waals surface area contributed by atoms with Crippen LogP contribution in [-0.4, -0.2) is 46.2 Å². The number of fused-ring (bicyclic) bond motifs is 1. The third kappa shape index (κ3) is 3.88. The van der Waals surface area contributed by atoms with Gasteiger partial charge in [0, 0.05) is 43.2 Å². The van der Waals surface area contributed by atoms with Crippen LogP contribution in [0.4, 0.5) is 0 Å². The molecule has 3 aromatic rings. The second-order valence-corrected chi connectivity index (χ2v) is 6.47. The molecular formula is C21H20N4O3. The number of hydrogen-bond donors (Lipinski definition) is 1. The van der Waals surface area contributed by atoms with Gasteiger partial charge < -0.3 is 15.0 Å². The summed E-state index contributed by atoms with van der Waals surface area (Å²) < 4.78 is 7.25. The van der Waals surface area contributed by atoms with E-state index in [0.29, 0.717) is 25.2 Å². The molecule has 0 fully saturated rings. The molecule has 1 aromatic heterocycles. The summed E-state index contributed by atoms with van der Waals surface area (Å²) in [7, 11) is 0. The number of para-hydroxylation sites is 1. The van der Waals surface area contributed by atoms with Crippen LogP contribution in [0.5, 0.6) is 5.75 Å². The van der Waals surface area contributed by atoms with Crippen LogP contribution in [0.15, 0.2) is 67.0 Å². The molecule has 0 radical (unpaired) electrons. The van der Waals surface area contributed by atoms with Crippen molar-refractivity contribution in [3.8, 4) is 11.4 Å². The van der Waals surface area contributed by atoms with E-state index in [1.54, 1.807) is 27.9 Å². The molecule has 28 heavy (non-hydrogen) atoms. The molecule has 2 heterocycles. The maximum atomic E-state index is 12.5. The molecule has 1 aliphatic rings. The summed E-state index contributed by atoms with van der Waals surface area (Å²) in [6.07, 6.45) is 3.51. The Morgan fingerprint density at radius 3 is 2.89 bits per heavy atom. The lowest BCUT2D eigenvalue weighted by molar-refractivity contribution is -0.133. The van der Waals surface area contributed by atoms with E-state index in [1.807, 2.05) is 48.7 Å². The SMILES string of the molecule is O=C(NCCN1Cc2ccccc2OCC1=O)c1cccc(-n2cccn2)c1. The fraction of sp³-hybridized carbons (Fsp3) is 0.190. The van der Waals surface area contributed by atoms with E-state index in [2.05, 4.69) is 10.4 Å². The Morgan fingerprint density at radius 2 is 2.04 bits per heavy atom. The Morgan fingerprint density at radius 1 is 1.14 bits per heavy atom. The van der Waals surface area contributed by atoms with E-state index in [-0.39, 0.29) is 18.4 Å². The summed E-state index contributed by atoms with van der Waals surface area (Å²) in [5.74, 6) is 0.455. The summed E-state index contributed by atoms with van der Waals surface area (Å²) in [5, 5.41) is 7.06. The van der Waals surface area contributed by atoms with Crippen LogP contribution in [0, 0.1) is 0 Å². The van der Waals surface area contributed by atoms with Gasteiger partial charge in [-0.3, -0.25) is 9.59 Å². The first-order chi connectivity index (χ1) is 13.7. The van der Waals surface area contributed by atoms with Crippen molar-refractivity contribution in [2.45, 2.75) is 6.54 Å². The number of carbonyl (C=O) groups excluding carboxylic acids is 2. The lowest BCUT2D eigenvalue weighted by Gasteiger charge is -2.20. The zero-order valence-electron chi connectivity index (χ0n) is 15.2. The topological polar surface area (TPSA) is 76.5 Å². The molecule has 2 aromatic carbocycles. The molecule has 2 amide bonds. The third-order valence-corrected chi connectivity index (χ3v) is 4.58. The van der Waals surface area contributed by atoms with E-state index in [0.717, 1.165) is 17.0 Å². The van der Waals surface area contributed by atoms with Crippen molar-refractivity contribution < 1.29 is 14.3 Å². The van der Waals surface area contributed by atoms with Crippen LogP contribution >= 0.6 is 0 Å². The average molecular weight is 376 g/mol. The van der Waals surface area contributed by atoms with Gasteiger partial charge in [0.05, 0.1) is 5.69 Å². The Labute approximate surface area is 162 Å². The van der Waals surface area contributed by atoms with Crippen LogP contribution in [0.3, 0.4) is 0 Å². The maximum Gasteiger partial charge on any atom is 0.260 e. The first-order valence-corrected chi connectivity index (χ1v) is 9.07. The van der Waals surface area contributed by atoms with Crippen LogP contribution < -0.4 is 10.1 Å². The number of nitrogens with zero attached hydrogens (tertiary/aromatic N) is 3. The summed E-state index contributed by atoms with van der Waals surface area (Å²) in [4.78, 5) is 26.5. The number of nitrogens with one attached hydrogen (secondary N) is 1. The van der Waals surface area contributed by atoms with Gasteiger partial charge in [-0.15, -0.1) is 0 Å². The van der Waals surface area contributed by atoms with Gasteiger partial charge in [-0.05, 0) is 30.3 Å². The summed E-state index contributed by atoms with van der Waals surface area (Å²) in [6, 6.07) is 16.7. The van der Waals surface area contributed by atoms with Gasteiger partial charge in [0.25, 0.3) is 11.8 Å². The summed E-state index contributed by atoms with van der Waals surface area (Å²) >= 11 is 0. The number of ether oxygens (including phenoxy) is 1. The molecule has 1 N–H and O–H groups in total. The number of carbonyl (C=O) groups is 2. The van der Waals surface area contributed by atoms with Gasteiger partial charge in [0.15, 0.2) is 6.61 Å². The van der Waals surface area contributed by atoms with E-state index in [4.69, 9.17) is 4.74 Å². The number of hydrogen-bond acceptors (Lipinski definition) is 4. The molecule has 0 saturated carbocycles. The standard InChI is InChI=1S/C21H20N4O3/c26-20-15-28-19-8-2-1-5-17(19)14-24(20)12-10-22-21(27)16-6-3-7-18(13-16)25-11-4-9-23-25/h1-9,11,13H,10,12,14-15H2,(H,22,27). The van der Waals surface area contributed by atoms with E-state index >= 15 is 0 Å². The second kappa shape index (κ2) is 7.96. The van der Waals surface area contributed by atoms with Crippen molar-refractivity contribution >= 4 is 11.8 Å². The highest BCUT2D eigenvalue weighted by molar-refractivity contribution is 5.94. The van der Waals surface area contributed by atoms with E-state index in [1.165, 1.54) is 0 Å². The molecule has 0 unspecified atom stereocenters. The molecule has 0 atom stereocenters. The van der Waals surface area contributed by atoms with Crippen LogP contribution in [-0.2, 0) is 11.3 Å². The third-order valence-electron chi connectivity index (χ3n) is 4.58. The number of benzene rings is 2. The molecule has 142 valence electrons. The molecule has 0 spiro atoms. The van der Waals surface area contributed by atoms with Gasteiger partial charge >= 0.3 is 0 Å². The molecule has 0 saturated heterocycles. The van der Waals surface area contributed by atoms with Gasteiger partial charge in [0.1, 0.15) is 5.75 Å². The van der Waals surface area contributed by atoms with Crippen molar-refractivity contribution in [2.24, 2.45) is 0 Å². The van der Waals surface area contributed by atoms with Crippen molar-refractivity contribution in [2.75, 3.05) is 19.7 Å². The number of aromatic nitrogens is 2. The Bertz CT molecular complexity index is 985. The second-order valence-electron chi connectivity index (χ2n) is 6.47. The molecule has 0 aliphatic carbocycles. The van der Waals surface area contributed by atoms with Crippen LogP contribution in [0.1, 0.15) is 15.9 Å². The Hall–Kier alpha value is -3.61. The van der Waals surface area contributed by atoms with E-state index < -0.39 is 0 Å². The first kappa shape index (κ1) is 17.8. The predicted molar refractivity (Wildman–Crippen MR) is 103 cm³/mol. The first-order valence-electron chi connectivity index (χ1n) is 9.07. The van der Waals surface area contributed by atoms with Crippen LogP contribution in [0.25, 0.3) is 5.69 Å². The lowest BCUT2D eigenvalue weighted by Crippen LogP contribution is -2.39. The minimum atomic E-state index is -0.187. The van der Waals surface area contributed by atoms with Crippen molar-refractivity contribution in [1.82, 2.24) is 20.0 Å². The minimum absolute atomic E-state index is 0.0108. The fourth-order valence-electron chi connectivity index (χ4n) is 3.12. The van der Waals surface area contributed by atoms with Gasteiger partial charge in [-0.2, -0.15) is 5.10 Å². The molecule has 0 bridgehead atoms. The monoisotopic (exact) mass is 376 g/mol. The zero-order valence-corrected chi connectivity index (χ0v) is 15.2. The zero-order chi connectivity index (χ0) is 19.3. The quantitative estimate of drug-likeness (QED) is 0.739. The largest absolute Gasteiger partial charge is 0.483 e. The van der Waals surface area contributed by atoms with Crippen molar-refractivity contribution in [1.29, 1.82) is 0 Å². The maximum absolute atomic E-state index is 12.5. The highest BCUT2D eigenvalue weighted by atomic mass is 16.5. The lowest BCUT2D eigenvalue weighted by atomic mass is 10.2. The Kier molecular flexibility index (Phi) is 5.05. The minimum Gasteiger partial charge on any atom is -0.483 e. The fourth-order valence-corrected chi connectivity index (χ4v) is 3.12. The number of amides is 2. The summed E-state index contributed by atoms with van der Waals surface area (Å²) in [5.41, 5.74) is 2.32. The van der Waals surface area contributed by atoms with E-state index in [9.17, 15) is 9.59 Å². The van der Waals surface area contributed by atoms with Crippen LogP contribution in [0.2, 0.25) is 0 Å². The molecule has 7 nitrogen and oxygen atoms in total. The average Bonchev–Trinajstić information content (AvgIpc) is 3.22. The molecule has 1 aliphatic heterocycles. The smallest absolute Gasteiger partial charge is 0.260 e. The molecule has 7 heteroatoms. The highest BCUT2D eigenvalue weighted by Gasteiger charge is 2.21. The molecule has 4 rings (SSSR count). The van der Waals surface area contributed by atoms with Gasteiger partial charge in [-0.25, -0.2) is 4.68 Å². The number of rotatable bonds is 5. The predicted octanol–water partition coefficient (Wildman–Crippen LogP) is 2.02. The molecular weight excluding hydrogens is 356 g/mol. The normalized spacial score (nSPS) is 13.4.